The molecular weight excluding hydrogens is 485 g/mol. The van der Waals surface area contributed by atoms with E-state index in [-0.39, 0.29) is 5.91 Å². The summed E-state index contributed by atoms with van der Waals surface area (Å²) in [5, 5.41) is 11.7. The molecule has 0 radical (unpaired) electrons. The second kappa shape index (κ2) is 9.82. The molecule has 1 aliphatic heterocycles. The summed E-state index contributed by atoms with van der Waals surface area (Å²) < 4.78 is 7.62. The van der Waals surface area contributed by atoms with Gasteiger partial charge in [0.25, 0.3) is 5.91 Å². The van der Waals surface area contributed by atoms with Crippen LogP contribution >= 0.6 is 23.2 Å². The number of para-hydroxylation sites is 1. The van der Waals surface area contributed by atoms with E-state index >= 15 is 0 Å². The number of carbonyl (C=O) groups is 1. The van der Waals surface area contributed by atoms with Gasteiger partial charge in [0, 0.05) is 27.0 Å². The van der Waals surface area contributed by atoms with Gasteiger partial charge in [0.05, 0.1) is 5.57 Å². The molecule has 0 spiro atoms. The van der Waals surface area contributed by atoms with Crippen LogP contribution in [0.3, 0.4) is 0 Å². The number of rotatable bonds is 6. The lowest BCUT2D eigenvalue weighted by molar-refractivity contribution is -0.113. The molecule has 4 aromatic rings. The number of ether oxygens (including phenoxy) is 1. The van der Waals surface area contributed by atoms with Gasteiger partial charge in [0.15, 0.2) is 0 Å². The monoisotopic (exact) mass is 505 g/mol. The van der Waals surface area contributed by atoms with Crippen molar-refractivity contribution in [3.8, 4) is 5.75 Å². The second-order valence-corrected chi connectivity index (χ2v) is 8.85. The van der Waals surface area contributed by atoms with Crippen molar-refractivity contribution in [1.29, 1.82) is 0 Å². The van der Waals surface area contributed by atoms with E-state index < -0.39 is 6.04 Å². The molecule has 0 unspecified atom stereocenters. The Morgan fingerprint density at radius 1 is 1.09 bits per heavy atom. The van der Waals surface area contributed by atoms with E-state index in [1.807, 2.05) is 67.6 Å². The molecule has 0 saturated carbocycles. The fraction of sp³-hybridized carbons (Fsp3) is 0.115. The normalized spacial score (nSPS) is 14.8. The van der Waals surface area contributed by atoms with E-state index in [0.29, 0.717) is 45.3 Å². The van der Waals surface area contributed by atoms with Crippen molar-refractivity contribution in [3.05, 3.63) is 112 Å². The van der Waals surface area contributed by atoms with Crippen LogP contribution in [0.2, 0.25) is 10.0 Å². The van der Waals surface area contributed by atoms with Gasteiger partial charge in [0.2, 0.25) is 5.95 Å². The summed E-state index contributed by atoms with van der Waals surface area (Å²) in [5.74, 6) is 1.02. The molecule has 3 aromatic carbocycles. The molecule has 2 heterocycles. The van der Waals surface area contributed by atoms with Crippen LogP contribution in [0.25, 0.3) is 0 Å². The number of aromatic nitrogens is 3. The minimum absolute atomic E-state index is 0.218. The number of amides is 1. The number of benzene rings is 3. The molecule has 0 aliphatic carbocycles. The molecule has 5 rings (SSSR count). The lowest BCUT2D eigenvalue weighted by atomic mass is 9.95. The molecule has 1 aromatic heterocycles. The SMILES string of the molecule is CC1=C(C(=O)Nc2ccccc2)[C@@H](c2ccc(OCc3ccc(Cl)cc3Cl)cc2)n2ncnc2N1. The zero-order valence-electron chi connectivity index (χ0n) is 18.7. The van der Waals surface area contributed by atoms with E-state index in [2.05, 4.69) is 20.7 Å². The quantitative estimate of drug-likeness (QED) is 0.331. The Labute approximate surface area is 212 Å². The Morgan fingerprint density at radius 2 is 1.86 bits per heavy atom. The smallest absolute Gasteiger partial charge is 0.255 e. The van der Waals surface area contributed by atoms with Crippen LogP contribution in [0.5, 0.6) is 5.75 Å². The molecule has 1 aliphatic rings. The summed E-state index contributed by atoms with van der Waals surface area (Å²) >= 11 is 12.2. The molecule has 1 atom stereocenters. The van der Waals surface area contributed by atoms with E-state index in [1.165, 1.54) is 6.33 Å². The van der Waals surface area contributed by atoms with Gasteiger partial charge in [-0.2, -0.15) is 10.1 Å². The maximum atomic E-state index is 13.4. The largest absolute Gasteiger partial charge is 0.489 e. The number of allylic oxidation sites excluding steroid dienone is 1. The van der Waals surface area contributed by atoms with E-state index in [9.17, 15) is 4.79 Å². The van der Waals surface area contributed by atoms with Gasteiger partial charge in [-0.15, -0.1) is 0 Å². The Balaban J connectivity index is 1.40. The highest BCUT2D eigenvalue weighted by molar-refractivity contribution is 6.35. The van der Waals surface area contributed by atoms with Crippen molar-refractivity contribution in [2.24, 2.45) is 0 Å². The summed E-state index contributed by atoms with van der Waals surface area (Å²) in [5.41, 5.74) is 3.68. The Hall–Kier alpha value is -3.81. The van der Waals surface area contributed by atoms with Gasteiger partial charge >= 0.3 is 0 Å². The van der Waals surface area contributed by atoms with Crippen LogP contribution in [-0.4, -0.2) is 20.7 Å². The summed E-state index contributed by atoms with van der Waals surface area (Å²) in [7, 11) is 0. The fourth-order valence-corrected chi connectivity index (χ4v) is 4.42. The third-order valence-corrected chi connectivity index (χ3v) is 6.26. The number of nitrogens with one attached hydrogen (secondary N) is 2. The molecule has 7 nitrogen and oxygen atoms in total. The molecular formula is C26H21Cl2N5O2. The maximum absolute atomic E-state index is 13.4. The van der Waals surface area contributed by atoms with Gasteiger partial charge in [-0.1, -0.05) is 59.6 Å². The lowest BCUT2D eigenvalue weighted by Gasteiger charge is -2.28. The summed E-state index contributed by atoms with van der Waals surface area (Å²) in [4.78, 5) is 17.6. The minimum atomic E-state index is -0.461. The summed E-state index contributed by atoms with van der Waals surface area (Å²) in [6, 6.07) is 21.7. The molecule has 1 amide bonds. The van der Waals surface area contributed by atoms with E-state index in [4.69, 9.17) is 27.9 Å². The zero-order chi connectivity index (χ0) is 24.4. The number of fused-ring (bicyclic) bond motifs is 1. The number of nitrogens with zero attached hydrogens (tertiary/aromatic N) is 3. The lowest BCUT2D eigenvalue weighted by Crippen LogP contribution is -2.31. The Bertz CT molecular complexity index is 1400. The zero-order valence-corrected chi connectivity index (χ0v) is 20.2. The molecule has 35 heavy (non-hydrogen) atoms. The fourth-order valence-electron chi connectivity index (χ4n) is 3.96. The van der Waals surface area contributed by atoms with Crippen LogP contribution in [0.4, 0.5) is 11.6 Å². The first-order chi connectivity index (χ1) is 17.0. The number of hydrogen-bond donors (Lipinski definition) is 2. The van der Waals surface area contributed by atoms with Crippen molar-refractivity contribution < 1.29 is 9.53 Å². The van der Waals surface area contributed by atoms with Gasteiger partial charge in [-0.05, 0) is 48.9 Å². The topological polar surface area (TPSA) is 81.1 Å². The Kier molecular flexibility index (Phi) is 6.44. The van der Waals surface area contributed by atoms with Crippen molar-refractivity contribution in [1.82, 2.24) is 14.8 Å². The average Bonchev–Trinajstić information content (AvgIpc) is 3.31. The second-order valence-electron chi connectivity index (χ2n) is 8.01. The highest BCUT2D eigenvalue weighted by Crippen LogP contribution is 2.36. The molecule has 0 saturated heterocycles. The molecule has 176 valence electrons. The third-order valence-electron chi connectivity index (χ3n) is 5.68. The van der Waals surface area contributed by atoms with Gasteiger partial charge < -0.3 is 15.4 Å². The number of anilines is 2. The van der Waals surface area contributed by atoms with E-state index in [0.717, 1.165) is 11.1 Å². The van der Waals surface area contributed by atoms with Crippen molar-refractivity contribution in [2.45, 2.75) is 19.6 Å². The first kappa shape index (κ1) is 23.0. The minimum Gasteiger partial charge on any atom is -0.489 e. The van der Waals surface area contributed by atoms with Crippen molar-refractivity contribution in [2.75, 3.05) is 10.6 Å². The molecule has 9 heteroatoms. The number of halogens is 2. The van der Waals surface area contributed by atoms with Crippen LogP contribution in [0.1, 0.15) is 24.1 Å². The van der Waals surface area contributed by atoms with Crippen LogP contribution < -0.4 is 15.4 Å². The first-order valence-electron chi connectivity index (χ1n) is 10.9. The van der Waals surface area contributed by atoms with Crippen molar-refractivity contribution >= 4 is 40.7 Å². The maximum Gasteiger partial charge on any atom is 0.255 e. The summed E-state index contributed by atoms with van der Waals surface area (Å²) in [6.45, 7) is 2.16. The summed E-state index contributed by atoms with van der Waals surface area (Å²) in [6.07, 6.45) is 1.47. The van der Waals surface area contributed by atoms with Crippen LogP contribution in [0, 0.1) is 0 Å². The highest BCUT2D eigenvalue weighted by Gasteiger charge is 2.33. The standard InChI is InChI=1S/C26H21Cl2N5O2/c1-16-23(25(34)32-20-5-3-2-4-6-20)24(33-26(31-16)29-15-30-33)17-8-11-21(12-9-17)35-14-18-7-10-19(27)13-22(18)28/h2-13,15,24H,14H2,1H3,(H,32,34)(H,29,30,31)/t24-/m1/s1. The predicted octanol–water partition coefficient (Wildman–Crippen LogP) is 6.09. The number of hydrogen-bond acceptors (Lipinski definition) is 5. The molecule has 0 bridgehead atoms. The van der Waals surface area contributed by atoms with Gasteiger partial charge in [-0.25, -0.2) is 4.68 Å². The number of carbonyl (C=O) groups excluding carboxylic acids is 1. The molecule has 2 N–H and O–H groups in total. The van der Waals surface area contributed by atoms with Crippen LogP contribution in [0.15, 0.2) is 90.4 Å². The predicted molar refractivity (Wildman–Crippen MR) is 137 cm³/mol. The molecule has 0 fully saturated rings. The highest BCUT2D eigenvalue weighted by atomic mass is 35.5. The van der Waals surface area contributed by atoms with Crippen LogP contribution in [-0.2, 0) is 11.4 Å². The van der Waals surface area contributed by atoms with E-state index in [1.54, 1.807) is 16.8 Å². The average molecular weight is 506 g/mol. The van der Waals surface area contributed by atoms with Crippen molar-refractivity contribution in [3.63, 3.8) is 0 Å². The van der Waals surface area contributed by atoms with Gasteiger partial charge in [-0.3, -0.25) is 4.79 Å². The third kappa shape index (κ3) is 4.87. The van der Waals surface area contributed by atoms with Gasteiger partial charge in [0.1, 0.15) is 24.7 Å². The Morgan fingerprint density at radius 3 is 2.60 bits per heavy atom. The first-order valence-corrected chi connectivity index (χ1v) is 11.7.